The lowest BCUT2D eigenvalue weighted by Crippen LogP contribution is -2.48. The van der Waals surface area contributed by atoms with E-state index in [4.69, 9.17) is 9.47 Å². The largest absolute Gasteiger partial charge is 0.474 e. The van der Waals surface area contributed by atoms with Gasteiger partial charge in [0, 0.05) is 67.5 Å². The van der Waals surface area contributed by atoms with Crippen molar-refractivity contribution in [2.75, 3.05) is 56.2 Å². The van der Waals surface area contributed by atoms with E-state index < -0.39 is 23.6 Å². The van der Waals surface area contributed by atoms with Gasteiger partial charge in [-0.2, -0.15) is 24.9 Å². The highest BCUT2D eigenvalue weighted by molar-refractivity contribution is 7.99. The van der Waals surface area contributed by atoms with Gasteiger partial charge in [0.1, 0.15) is 12.7 Å². The smallest absolute Gasteiger partial charge is 0.416 e. The minimum atomic E-state index is -4.41. The van der Waals surface area contributed by atoms with Gasteiger partial charge < -0.3 is 14.8 Å². The Morgan fingerprint density at radius 2 is 1.56 bits per heavy atom. The van der Waals surface area contributed by atoms with Crippen LogP contribution >= 0.6 is 11.8 Å². The van der Waals surface area contributed by atoms with E-state index in [-0.39, 0.29) is 30.7 Å². The fourth-order valence-electron chi connectivity index (χ4n) is 8.17. The Labute approximate surface area is 326 Å². The lowest BCUT2D eigenvalue weighted by Gasteiger charge is -2.39. The number of ether oxygens (including phenoxy) is 2. The minimum absolute atomic E-state index is 0.0599. The number of thioether (sulfide) groups is 1. The third kappa shape index (κ3) is 9.56. The zero-order chi connectivity index (χ0) is 38.2. The number of allylic oxidation sites excluding steroid dienone is 1. The third-order valence-electron chi connectivity index (χ3n) is 10.9. The van der Waals surface area contributed by atoms with E-state index in [0.717, 1.165) is 69.2 Å². The SMILES string of the molecule is CC1=C(C(=O)OCCN2CCN(C(c3ccccc3)c3ccccc3)CC2)C(CSCCc2ccccc2C(F)(F)F)c2c(ccnc2OC2CCCC2)N1. The molecule has 11 heteroatoms. The number of nitrogens with one attached hydrogen (secondary N) is 1. The number of carbonyl (C=O) groups is 1. The van der Waals surface area contributed by atoms with Gasteiger partial charge in [0.05, 0.1) is 17.2 Å². The van der Waals surface area contributed by atoms with Crippen LogP contribution in [-0.2, 0) is 22.1 Å². The highest BCUT2D eigenvalue weighted by Gasteiger charge is 2.37. The maximum absolute atomic E-state index is 14.0. The first-order chi connectivity index (χ1) is 26.8. The zero-order valence-corrected chi connectivity index (χ0v) is 32.1. The molecule has 1 atom stereocenters. The molecule has 1 unspecified atom stereocenters. The average Bonchev–Trinajstić information content (AvgIpc) is 3.71. The first-order valence-electron chi connectivity index (χ1n) is 19.4. The number of nitrogens with zero attached hydrogens (tertiary/aromatic N) is 3. The van der Waals surface area contributed by atoms with Gasteiger partial charge in [-0.15, -0.1) is 0 Å². The summed E-state index contributed by atoms with van der Waals surface area (Å²) < 4.78 is 53.6. The van der Waals surface area contributed by atoms with Crippen molar-refractivity contribution in [1.82, 2.24) is 14.8 Å². The van der Waals surface area contributed by atoms with Crippen LogP contribution in [0.4, 0.5) is 18.9 Å². The molecule has 1 saturated carbocycles. The summed E-state index contributed by atoms with van der Waals surface area (Å²) in [4.78, 5) is 23.6. The molecule has 55 heavy (non-hydrogen) atoms. The van der Waals surface area contributed by atoms with Crippen molar-refractivity contribution in [2.45, 2.75) is 63.3 Å². The first-order valence-corrected chi connectivity index (χ1v) is 20.5. The summed E-state index contributed by atoms with van der Waals surface area (Å²) in [5.74, 6) is 0.613. The topological polar surface area (TPSA) is 66.9 Å². The molecular weight excluding hydrogens is 722 g/mol. The number of aromatic nitrogens is 1. The summed E-state index contributed by atoms with van der Waals surface area (Å²) in [5.41, 5.74) is 5.05. The van der Waals surface area contributed by atoms with Gasteiger partial charge in [-0.25, -0.2) is 9.78 Å². The number of fused-ring (bicyclic) bond motifs is 1. The molecule has 7 nitrogen and oxygen atoms in total. The quantitative estimate of drug-likeness (QED) is 0.101. The number of alkyl halides is 3. The molecular formula is C44H49F3N4O3S. The molecule has 2 fully saturated rings. The van der Waals surface area contributed by atoms with Crippen molar-refractivity contribution in [3.05, 3.63) is 136 Å². The van der Waals surface area contributed by atoms with E-state index in [0.29, 0.717) is 35.2 Å². The molecule has 0 spiro atoms. The molecule has 3 aromatic carbocycles. The van der Waals surface area contributed by atoms with Crippen molar-refractivity contribution in [2.24, 2.45) is 0 Å². The van der Waals surface area contributed by atoms with Crippen LogP contribution in [0.1, 0.15) is 72.4 Å². The van der Waals surface area contributed by atoms with Crippen LogP contribution in [0.5, 0.6) is 5.88 Å². The maximum Gasteiger partial charge on any atom is 0.416 e. The Balaban J connectivity index is 1.01. The second-order valence-corrected chi connectivity index (χ2v) is 15.7. The van der Waals surface area contributed by atoms with Gasteiger partial charge in [-0.05, 0) is 73.6 Å². The first kappa shape index (κ1) is 38.9. The Morgan fingerprint density at radius 3 is 2.24 bits per heavy atom. The third-order valence-corrected chi connectivity index (χ3v) is 12.0. The van der Waals surface area contributed by atoms with E-state index >= 15 is 0 Å². The van der Waals surface area contributed by atoms with E-state index in [1.165, 1.54) is 35.0 Å². The molecule has 0 bridgehead atoms. The summed E-state index contributed by atoms with van der Waals surface area (Å²) >= 11 is 1.52. The van der Waals surface area contributed by atoms with Gasteiger partial charge in [0.25, 0.3) is 0 Å². The monoisotopic (exact) mass is 770 g/mol. The number of rotatable bonds is 14. The molecule has 1 aliphatic carbocycles. The number of halogens is 3. The number of hydrogen-bond donors (Lipinski definition) is 1. The molecule has 290 valence electrons. The summed E-state index contributed by atoms with van der Waals surface area (Å²) in [5, 5.41) is 3.42. The van der Waals surface area contributed by atoms with Crippen LogP contribution in [0.2, 0.25) is 0 Å². The summed E-state index contributed by atoms with van der Waals surface area (Å²) in [6.07, 6.45) is 1.72. The van der Waals surface area contributed by atoms with Crippen LogP contribution in [0.15, 0.2) is 108 Å². The number of esters is 1. The summed E-state index contributed by atoms with van der Waals surface area (Å²) in [6.45, 7) is 6.23. The van der Waals surface area contributed by atoms with Gasteiger partial charge in [-0.3, -0.25) is 9.80 Å². The number of hydrogen-bond acceptors (Lipinski definition) is 8. The molecule has 7 rings (SSSR count). The number of piperazine rings is 1. The van der Waals surface area contributed by atoms with Crippen LogP contribution in [0, 0.1) is 0 Å². The second kappa shape index (κ2) is 18.1. The minimum Gasteiger partial charge on any atom is -0.474 e. The van der Waals surface area contributed by atoms with Crippen molar-refractivity contribution < 1.29 is 27.4 Å². The highest BCUT2D eigenvalue weighted by atomic mass is 32.2. The molecule has 3 aliphatic rings. The normalized spacial score (nSPS) is 18.3. The van der Waals surface area contributed by atoms with E-state index in [9.17, 15) is 18.0 Å². The van der Waals surface area contributed by atoms with Crippen molar-refractivity contribution in [1.29, 1.82) is 0 Å². The molecule has 0 amide bonds. The lowest BCUT2D eigenvalue weighted by molar-refractivity contribution is -0.140. The number of benzene rings is 3. The summed E-state index contributed by atoms with van der Waals surface area (Å²) in [6, 6.07) is 29.0. The Morgan fingerprint density at radius 1 is 0.909 bits per heavy atom. The number of aryl methyl sites for hydroxylation is 1. The Bertz CT molecular complexity index is 1870. The van der Waals surface area contributed by atoms with Gasteiger partial charge in [0.2, 0.25) is 5.88 Å². The molecule has 1 saturated heterocycles. The van der Waals surface area contributed by atoms with E-state index in [2.05, 4.69) is 68.6 Å². The molecule has 3 heterocycles. The van der Waals surface area contributed by atoms with Crippen LogP contribution in [0.25, 0.3) is 0 Å². The number of anilines is 1. The average molecular weight is 771 g/mol. The highest BCUT2D eigenvalue weighted by Crippen LogP contribution is 2.45. The van der Waals surface area contributed by atoms with Gasteiger partial charge >= 0.3 is 12.1 Å². The van der Waals surface area contributed by atoms with Gasteiger partial charge in [-0.1, -0.05) is 78.9 Å². The van der Waals surface area contributed by atoms with Crippen LogP contribution in [0.3, 0.4) is 0 Å². The lowest BCUT2D eigenvalue weighted by atomic mass is 9.87. The maximum atomic E-state index is 14.0. The van der Waals surface area contributed by atoms with Crippen molar-refractivity contribution in [3.63, 3.8) is 0 Å². The second-order valence-electron chi connectivity index (χ2n) is 14.5. The Kier molecular flexibility index (Phi) is 12.8. The predicted octanol–water partition coefficient (Wildman–Crippen LogP) is 9.13. The molecule has 0 radical (unpaired) electrons. The molecule has 1 N–H and O–H groups in total. The van der Waals surface area contributed by atoms with Crippen molar-refractivity contribution in [3.8, 4) is 5.88 Å². The standard InChI is InChI=1S/C44H49F3N4O3S/c1-31-39(43(52)53-28-27-50-23-25-51(26-24-50)41(33-13-4-2-5-14-33)34-15-6-3-7-16-34)36(30-55-29-21-32-12-8-11-19-37(32)44(45,46)47)40-38(49-31)20-22-48-42(40)54-35-17-9-10-18-35/h2-8,11-16,19-20,22,35-36,41,49H,9-10,17-18,21,23-30H2,1H3. The van der Waals surface area contributed by atoms with E-state index in [1.807, 2.05) is 25.1 Å². The molecule has 2 aliphatic heterocycles. The number of carbonyl (C=O) groups excluding carboxylic acids is 1. The molecule has 1 aromatic heterocycles. The van der Waals surface area contributed by atoms with Crippen LogP contribution in [-0.4, -0.2) is 77.7 Å². The van der Waals surface area contributed by atoms with Crippen LogP contribution < -0.4 is 10.1 Å². The fourth-order valence-corrected chi connectivity index (χ4v) is 9.27. The summed E-state index contributed by atoms with van der Waals surface area (Å²) in [7, 11) is 0. The predicted molar refractivity (Wildman–Crippen MR) is 212 cm³/mol. The van der Waals surface area contributed by atoms with E-state index in [1.54, 1.807) is 12.3 Å². The molecule has 4 aromatic rings. The zero-order valence-electron chi connectivity index (χ0n) is 31.3. The number of pyridine rings is 1. The van der Waals surface area contributed by atoms with Crippen molar-refractivity contribution >= 4 is 23.4 Å². The van der Waals surface area contributed by atoms with Gasteiger partial charge in [0.15, 0.2) is 0 Å². The Hall–Kier alpha value is -4.32. The fraction of sp³-hybridized carbons (Fsp3) is 0.409.